The maximum atomic E-state index is 11.9. The lowest BCUT2D eigenvalue weighted by atomic mass is 10.1. The van der Waals surface area contributed by atoms with E-state index in [9.17, 15) is 14.4 Å². The number of carbonyl (C=O) groups excluding carboxylic acids is 3. The Balaban J connectivity index is 2.52. The second-order valence-electron chi connectivity index (χ2n) is 5.16. The summed E-state index contributed by atoms with van der Waals surface area (Å²) < 4.78 is 4.71. The highest BCUT2D eigenvalue weighted by molar-refractivity contribution is 5.81. The van der Waals surface area contributed by atoms with Gasteiger partial charge < -0.3 is 14.5 Å². The molecular weight excluding hydrogens is 248 g/mol. The van der Waals surface area contributed by atoms with E-state index in [1.54, 1.807) is 9.80 Å². The number of hydrogen-bond acceptors (Lipinski definition) is 4. The van der Waals surface area contributed by atoms with Crippen molar-refractivity contribution < 1.29 is 19.1 Å². The van der Waals surface area contributed by atoms with E-state index in [1.165, 1.54) is 6.92 Å². The SMILES string of the molecule is CC(=O)OCC(=O)N1CCN(C(=O)C(C)C)CC1C. The molecule has 1 heterocycles. The van der Waals surface area contributed by atoms with Crippen LogP contribution in [0.15, 0.2) is 0 Å². The Bertz CT molecular complexity index is 368. The zero-order chi connectivity index (χ0) is 14.6. The van der Waals surface area contributed by atoms with Crippen LogP contribution in [-0.4, -0.2) is 59.9 Å². The van der Waals surface area contributed by atoms with Crippen molar-refractivity contribution in [3.8, 4) is 0 Å². The van der Waals surface area contributed by atoms with Crippen molar-refractivity contribution in [1.29, 1.82) is 0 Å². The molecule has 108 valence electrons. The average Bonchev–Trinajstić information content (AvgIpc) is 2.34. The van der Waals surface area contributed by atoms with Gasteiger partial charge in [0.05, 0.1) is 0 Å². The lowest BCUT2D eigenvalue weighted by Crippen LogP contribution is -2.56. The number of rotatable bonds is 3. The summed E-state index contributed by atoms with van der Waals surface area (Å²) in [4.78, 5) is 37.9. The van der Waals surface area contributed by atoms with Crippen molar-refractivity contribution in [2.24, 2.45) is 5.92 Å². The molecule has 1 aliphatic heterocycles. The van der Waals surface area contributed by atoms with Crippen LogP contribution < -0.4 is 0 Å². The summed E-state index contributed by atoms with van der Waals surface area (Å²) in [7, 11) is 0. The molecule has 6 heteroatoms. The first-order valence-corrected chi connectivity index (χ1v) is 6.54. The average molecular weight is 270 g/mol. The smallest absolute Gasteiger partial charge is 0.303 e. The van der Waals surface area contributed by atoms with E-state index in [2.05, 4.69) is 0 Å². The molecule has 1 fully saturated rings. The Morgan fingerprint density at radius 2 is 1.89 bits per heavy atom. The van der Waals surface area contributed by atoms with Gasteiger partial charge in [-0.1, -0.05) is 13.8 Å². The standard InChI is InChI=1S/C13H22N2O4/c1-9(2)13(18)14-5-6-15(10(3)7-14)12(17)8-19-11(4)16/h9-10H,5-8H2,1-4H3. The minimum Gasteiger partial charge on any atom is -0.456 e. The van der Waals surface area contributed by atoms with Crippen molar-refractivity contribution in [3.63, 3.8) is 0 Å². The summed E-state index contributed by atoms with van der Waals surface area (Å²) in [5.74, 6) is -0.594. The molecule has 6 nitrogen and oxygen atoms in total. The monoisotopic (exact) mass is 270 g/mol. The normalized spacial score (nSPS) is 19.5. The van der Waals surface area contributed by atoms with Gasteiger partial charge in [-0.25, -0.2) is 0 Å². The Kier molecular flexibility index (Phi) is 5.32. The maximum Gasteiger partial charge on any atom is 0.303 e. The fraction of sp³-hybridized carbons (Fsp3) is 0.769. The third-order valence-electron chi connectivity index (χ3n) is 3.15. The minimum atomic E-state index is -0.463. The number of hydrogen-bond donors (Lipinski definition) is 0. The van der Waals surface area contributed by atoms with Crippen molar-refractivity contribution in [2.75, 3.05) is 26.2 Å². The van der Waals surface area contributed by atoms with Crippen LogP contribution in [0.1, 0.15) is 27.7 Å². The van der Waals surface area contributed by atoms with Crippen LogP contribution in [0.5, 0.6) is 0 Å². The van der Waals surface area contributed by atoms with E-state index in [1.807, 2.05) is 20.8 Å². The maximum absolute atomic E-state index is 11.9. The Labute approximate surface area is 113 Å². The molecule has 0 aromatic rings. The van der Waals surface area contributed by atoms with E-state index >= 15 is 0 Å². The highest BCUT2D eigenvalue weighted by Gasteiger charge is 2.30. The second-order valence-corrected chi connectivity index (χ2v) is 5.16. The largest absolute Gasteiger partial charge is 0.456 e. The van der Waals surface area contributed by atoms with Gasteiger partial charge in [0.15, 0.2) is 6.61 Å². The molecule has 0 aliphatic carbocycles. The van der Waals surface area contributed by atoms with Gasteiger partial charge in [0.2, 0.25) is 5.91 Å². The second kappa shape index (κ2) is 6.54. The Morgan fingerprint density at radius 1 is 1.26 bits per heavy atom. The van der Waals surface area contributed by atoms with Crippen molar-refractivity contribution in [3.05, 3.63) is 0 Å². The third kappa shape index (κ3) is 4.22. The number of ether oxygens (including phenoxy) is 1. The summed E-state index contributed by atoms with van der Waals surface area (Å²) in [6, 6.07) is -0.0560. The van der Waals surface area contributed by atoms with E-state index < -0.39 is 5.97 Å². The lowest BCUT2D eigenvalue weighted by molar-refractivity contribution is -0.153. The molecule has 1 saturated heterocycles. The van der Waals surface area contributed by atoms with Crippen LogP contribution in [0.25, 0.3) is 0 Å². The lowest BCUT2D eigenvalue weighted by Gasteiger charge is -2.40. The van der Waals surface area contributed by atoms with Gasteiger partial charge in [-0.3, -0.25) is 14.4 Å². The first-order chi connectivity index (χ1) is 8.82. The molecule has 1 atom stereocenters. The van der Waals surface area contributed by atoms with E-state index in [0.717, 1.165) is 0 Å². The molecule has 1 rings (SSSR count). The van der Waals surface area contributed by atoms with Gasteiger partial charge in [0.25, 0.3) is 5.91 Å². The molecular formula is C13H22N2O4. The molecule has 2 amide bonds. The summed E-state index contributed by atoms with van der Waals surface area (Å²) in [6.45, 7) is 8.23. The number of amides is 2. The van der Waals surface area contributed by atoms with Crippen LogP contribution in [0.4, 0.5) is 0 Å². The molecule has 0 saturated carbocycles. The molecule has 0 aromatic carbocycles. The zero-order valence-electron chi connectivity index (χ0n) is 12.0. The molecule has 0 aromatic heterocycles. The molecule has 0 N–H and O–H groups in total. The van der Waals surface area contributed by atoms with Crippen LogP contribution in [0.3, 0.4) is 0 Å². The van der Waals surface area contributed by atoms with Crippen LogP contribution in [0, 0.1) is 5.92 Å². The number of nitrogens with zero attached hydrogens (tertiary/aromatic N) is 2. The van der Waals surface area contributed by atoms with E-state index in [4.69, 9.17) is 4.74 Å². The Hall–Kier alpha value is -1.59. The predicted molar refractivity (Wildman–Crippen MR) is 69.2 cm³/mol. The topological polar surface area (TPSA) is 66.9 Å². The van der Waals surface area contributed by atoms with Crippen molar-refractivity contribution in [1.82, 2.24) is 9.80 Å². The number of esters is 1. The molecule has 19 heavy (non-hydrogen) atoms. The molecule has 0 radical (unpaired) electrons. The van der Waals surface area contributed by atoms with Crippen LogP contribution >= 0.6 is 0 Å². The highest BCUT2D eigenvalue weighted by Crippen LogP contribution is 2.12. The number of carbonyl (C=O) groups is 3. The number of piperazine rings is 1. The van der Waals surface area contributed by atoms with Gasteiger partial charge in [0, 0.05) is 38.5 Å². The van der Waals surface area contributed by atoms with Crippen molar-refractivity contribution >= 4 is 17.8 Å². The molecule has 1 unspecified atom stereocenters. The van der Waals surface area contributed by atoms with Gasteiger partial charge in [-0.05, 0) is 6.92 Å². The summed E-state index contributed by atoms with van der Waals surface area (Å²) in [5.41, 5.74) is 0. The predicted octanol–water partition coefficient (Wildman–Crippen LogP) is 0.265. The molecule has 1 aliphatic rings. The van der Waals surface area contributed by atoms with Crippen LogP contribution in [-0.2, 0) is 19.1 Å². The van der Waals surface area contributed by atoms with Gasteiger partial charge in [-0.15, -0.1) is 0 Å². The zero-order valence-corrected chi connectivity index (χ0v) is 12.0. The molecule has 0 bridgehead atoms. The van der Waals surface area contributed by atoms with Crippen molar-refractivity contribution in [2.45, 2.75) is 33.7 Å². The fourth-order valence-corrected chi connectivity index (χ4v) is 2.14. The molecule has 0 spiro atoms. The summed E-state index contributed by atoms with van der Waals surface area (Å²) in [6.07, 6.45) is 0. The van der Waals surface area contributed by atoms with Gasteiger partial charge in [-0.2, -0.15) is 0 Å². The summed E-state index contributed by atoms with van der Waals surface area (Å²) >= 11 is 0. The quantitative estimate of drug-likeness (QED) is 0.690. The fourth-order valence-electron chi connectivity index (χ4n) is 2.14. The van der Waals surface area contributed by atoms with Gasteiger partial charge in [0.1, 0.15) is 0 Å². The highest BCUT2D eigenvalue weighted by atomic mass is 16.5. The van der Waals surface area contributed by atoms with E-state index in [0.29, 0.717) is 19.6 Å². The first kappa shape index (κ1) is 15.5. The summed E-state index contributed by atoms with van der Waals surface area (Å²) in [5, 5.41) is 0. The minimum absolute atomic E-state index is 0.0319. The van der Waals surface area contributed by atoms with Crippen LogP contribution in [0.2, 0.25) is 0 Å². The first-order valence-electron chi connectivity index (χ1n) is 6.54. The van der Waals surface area contributed by atoms with E-state index in [-0.39, 0.29) is 30.4 Å². The Morgan fingerprint density at radius 3 is 2.37 bits per heavy atom. The van der Waals surface area contributed by atoms with Gasteiger partial charge >= 0.3 is 5.97 Å². The third-order valence-corrected chi connectivity index (χ3v) is 3.15.